The quantitative estimate of drug-likeness (QED) is 0.288. The number of nitrogens with one attached hydrogen (secondary N) is 3. The number of hydrogen-bond donors (Lipinski definition) is 4. The van der Waals surface area contributed by atoms with Crippen molar-refractivity contribution in [1.29, 1.82) is 5.41 Å². The molecule has 2 amide bonds. The highest BCUT2D eigenvalue weighted by atomic mass is 28.3. The van der Waals surface area contributed by atoms with Gasteiger partial charge in [0.25, 0.3) is 0 Å². The Balaban J connectivity index is 2.03. The fourth-order valence-electron chi connectivity index (χ4n) is 3.62. The summed E-state index contributed by atoms with van der Waals surface area (Å²) < 4.78 is 5.36. The van der Waals surface area contributed by atoms with Crippen molar-refractivity contribution in [2.45, 2.75) is 58.0 Å². The summed E-state index contributed by atoms with van der Waals surface area (Å²) in [6.07, 6.45) is 1.48. The van der Waals surface area contributed by atoms with Crippen LogP contribution in [0.5, 0.6) is 5.75 Å². The van der Waals surface area contributed by atoms with Gasteiger partial charge in [-0.05, 0) is 25.8 Å². The minimum Gasteiger partial charge on any atom is -0.496 e. The average Bonchev–Trinajstić information content (AvgIpc) is 3.13. The zero-order chi connectivity index (χ0) is 21.8. The van der Waals surface area contributed by atoms with Gasteiger partial charge in [-0.2, -0.15) is 0 Å². The van der Waals surface area contributed by atoms with Crippen LogP contribution in [0.2, 0.25) is 19.6 Å². The molecule has 0 saturated carbocycles. The van der Waals surface area contributed by atoms with Crippen molar-refractivity contribution >= 4 is 25.9 Å². The number of carbonyl (C=O) groups excluding carboxylic acids is 2. The number of amides is 2. The molecule has 29 heavy (non-hydrogen) atoms. The van der Waals surface area contributed by atoms with Crippen LogP contribution in [-0.4, -0.2) is 56.5 Å². The number of benzene rings is 1. The van der Waals surface area contributed by atoms with Gasteiger partial charge in [0.2, 0.25) is 11.8 Å². The number of amidine groups is 1. The number of ether oxygens (including phenoxy) is 1. The van der Waals surface area contributed by atoms with E-state index in [0.29, 0.717) is 24.3 Å². The van der Waals surface area contributed by atoms with Crippen LogP contribution in [0.15, 0.2) is 18.2 Å². The molecule has 1 aliphatic heterocycles. The molecule has 0 aliphatic carbocycles. The third-order valence-corrected chi connectivity index (χ3v) is 6.21. The van der Waals surface area contributed by atoms with Gasteiger partial charge >= 0.3 is 0 Å². The second-order valence-electron chi connectivity index (χ2n) is 8.46. The Morgan fingerprint density at radius 3 is 2.66 bits per heavy atom. The summed E-state index contributed by atoms with van der Waals surface area (Å²) in [6.45, 7) is 9.20. The van der Waals surface area contributed by atoms with Crippen molar-refractivity contribution in [2.75, 3.05) is 13.7 Å². The van der Waals surface area contributed by atoms with Crippen molar-refractivity contribution in [3.8, 4) is 5.75 Å². The Bertz CT molecular complexity index is 778. The number of hydrogen-bond acceptors (Lipinski definition) is 5. The number of carbonyl (C=O) groups is 2. The first-order chi connectivity index (χ1) is 13.5. The third-order valence-electron chi connectivity index (χ3n) is 4.91. The molecular weight excluding hydrogens is 386 g/mol. The molecule has 1 heterocycles. The van der Waals surface area contributed by atoms with Crippen LogP contribution >= 0.6 is 0 Å². The molecule has 0 bridgehead atoms. The van der Waals surface area contributed by atoms with E-state index >= 15 is 0 Å². The van der Waals surface area contributed by atoms with Gasteiger partial charge < -0.3 is 25.7 Å². The second kappa shape index (κ2) is 9.40. The monoisotopic (exact) mass is 419 g/mol. The van der Waals surface area contributed by atoms with Crippen LogP contribution in [0.3, 0.4) is 0 Å². The van der Waals surface area contributed by atoms with Crippen molar-refractivity contribution in [1.82, 2.24) is 15.2 Å². The molecule has 1 aliphatic rings. The first-order valence-electron chi connectivity index (χ1n) is 9.90. The lowest BCUT2D eigenvalue weighted by molar-refractivity contribution is -0.139. The summed E-state index contributed by atoms with van der Waals surface area (Å²) in [7, 11) is -0.0653. The number of nitrogen functional groups attached to an aromatic ring is 1. The molecule has 2 rings (SSSR count). The predicted octanol–water partition coefficient (Wildman–Crippen LogP) is 1.40. The van der Waals surface area contributed by atoms with Crippen LogP contribution in [0, 0.1) is 5.41 Å². The zero-order valence-corrected chi connectivity index (χ0v) is 19.0. The van der Waals surface area contributed by atoms with Crippen molar-refractivity contribution in [3.05, 3.63) is 29.3 Å². The highest BCUT2D eigenvalue weighted by Crippen LogP contribution is 2.22. The smallest absolute Gasteiger partial charge is 0.243 e. The third kappa shape index (κ3) is 6.04. The molecule has 1 unspecified atom stereocenters. The van der Waals surface area contributed by atoms with Gasteiger partial charge in [-0.1, -0.05) is 31.8 Å². The molecule has 0 radical (unpaired) electrons. The van der Waals surface area contributed by atoms with Gasteiger partial charge in [-0.3, -0.25) is 15.0 Å². The topological polar surface area (TPSA) is 121 Å². The Labute approximate surface area is 173 Å². The summed E-state index contributed by atoms with van der Waals surface area (Å²) in [4.78, 5) is 30.8. The first-order valence-corrected chi connectivity index (χ1v) is 13.4. The van der Waals surface area contributed by atoms with Crippen LogP contribution in [0.1, 0.15) is 30.9 Å². The molecule has 5 N–H and O–H groups in total. The molecule has 1 fully saturated rings. The second-order valence-corrected chi connectivity index (χ2v) is 13.3. The van der Waals surface area contributed by atoms with E-state index in [9.17, 15) is 9.59 Å². The van der Waals surface area contributed by atoms with Crippen LogP contribution < -0.4 is 20.8 Å². The van der Waals surface area contributed by atoms with Crippen molar-refractivity contribution in [3.63, 3.8) is 0 Å². The van der Waals surface area contributed by atoms with E-state index in [2.05, 4.69) is 29.9 Å². The number of likely N-dealkylation sites (tertiary alicyclic amines) is 1. The minimum absolute atomic E-state index is 0.0199. The summed E-state index contributed by atoms with van der Waals surface area (Å²) in [5.41, 5.74) is 6.87. The van der Waals surface area contributed by atoms with E-state index in [1.54, 1.807) is 23.1 Å². The molecule has 1 aromatic carbocycles. The standard InChI is InChI=1S/C20H33N5O3Si/c1-13(24-29(3,4)5)20(27)25-10-6-7-16(25)19(26)23-12-15-9-8-14(18(21)22)11-17(15)28-2/h8-9,11,13,16,24H,6-7,10,12H2,1-5H3,(H3,21,22)(H,23,26)/t13?,16-/m0/s1. The summed E-state index contributed by atoms with van der Waals surface area (Å²) in [5, 5.41) is 10.5. The number of nitrogens with zero attached hydrogens (tertiary/aromatic N) is 1. The molecular formula is C20H33N5O3Si. The van der Waals surface area contributed by atoms with Gasteiger partial charge in [0.05, 0.1) is 13.2 Å². The van der Waals surface area contributed by atoms with Crippen LogP contribution in [-0.2, 0) is 16.1 Å². The molecule has 8 nitrogen and oxygen atoms in total. The van der Waals surface area contributed by atoms with Gasteiger partial charge in [0.15, 0.2) is 0 Å². The largest absolute Gasteiger partial charge is 0.496 e. The Hall–Kier alpha value is -2.39. The van der Waals surface area contributed by atoms with E-state index in [1.165, 1.54) is 7.11 Å². The highest BCUT2D eigenvalue weighted by molar-refractivity contribution is 6.73. The summed E-state index contributed by atoms with van der Waals surface area (Å²) in [6, 6.07) is 4.44. The normalized spacial score (nSPS) is 17.7. The van der Waals surface area contributed by atoms with Crippen molar-refractivity contribution in [2.24, 2.45) is 5.73 Å². The van der Waals surface area contributed by atoms with E-state index in [-0.39, 0.29) is 30.2 Å². The molecule has 9 heteroatoms. The maximum atomic E-state index is 12.9. The molecule has 2 atom stereocenters. The Morgan fingerprint density at radius 1 is 1.38 bits per heavy atom. The number of methoxy groups -OCH3 is 1. The van der Waals surface area contributed by atoms with E-state index < -0.39 is 14.3 Å². The predicted molar refractivity (Wildman–Crippen MR) is 117 cm³/mol. The average molecular weight is 420 g/mol. The molecule has 1 aromatic rings. The van der Waals surface area contributed by atoms with Gasteiger partial charge in [0.1, 0.15) is 25.9 Å². The molecule has 160 valence electrons. The van der Waals surface area contributed by atoms with E-state index in [1.807, 2.05) is 6.92 Å². The van der Waals surface area contributed by atoms with Crippen molar-refractivity contribution < 1.29 is 14.3 Å². The molecule has 1 saturated heterocycles. The summed E-state index contributed by atoms with van der Waals surface area (Å²) >= 11 is 0. The van der Waals surface area contributed by atoms with Gasteiger partial charge in [-0.15, -0.1) is 0 Å². The fraction of sp³-hybridized carbons (Fsp3) is 0.550. The number of rotatable bonds is 8. The highest BCUT2D eigenvalue weighted by Gasteiger charge is 2.36. The maximum absolute atomic E-state index is 12.9. The molecule has 0 spiro atoms. The zero-order valence-electron chi connectivity index (χ0n) is 18.0. The lowest BCUT2D eigenvalue weighted by Gasteiger charge is -2.30. The van der Waals surface area contributed by atoms with E-state index in [0.717, 1.165) is 12.0 Å². The minimum atomic E-state index is -1.60. The Morgan fingerprint density at radius 2 is 2.07 bits per heavy atom. The van der Waals surface area contributed by atoms with Crippen LogP contribution in [0.25, 0.3) is 0 Å². The van der Waals surface area contributed by atoms with Gasteiger partial charge in [0, 0.05) is 24.2 Å². The SMILES string of the molecule is COc1cc(C(=N)N)ccc1CNC(=O)[C@@H]1CCCN1C(=O)C(C)N[Si](C)(C)C. The lowest BCUT2D eigenvalue weighted by Crippen LogP contribution is -2.56. The maximum Gasteiger partial charge on any atom is 0.243 e. The van der Waals surface area contributed by atoms with Crippen LogP contribution in [0.4, 0.5) is 0 Å². The number of nitrogens with two attached hydrogens (primary N) is 1. The molecule has 0 aromatic heterocycles. The van der Waals surface area contributed by atoms with Gasteiger partial charge in [-0.25, -0.2) is 0 Å². The Kier molecular flexibility index (Phi) is 7.42. The fourth-order valence-corrected chi connectivity index (χ4v) is 5.04. The summed E-state index contributed by atoms with van der Waals surface area (Å²) in [5.74, 6) is 0.340. The lowest BCUT2D eigenvalue weighted by atomic mass is 10.1. The van der Waals surface area contributed by atoms with E-state index in [4.69, 9.17) is 15.9 Å². The first kappa shape index (κ1) is 22.9.